The predicted octanol–water partition coefficient (Wildman–Crippen LogP) is 2.47. The fourth-order valence-electron chi connectivity index (χ4n) is 1.52. The molecular weight excluding hydrogens is 186 g/mol. The fraction of sp³-hybridized carbons (Fsp3) is 0.154. The number of aromatic nitrogens is 1. The fourth-order valence-corrected chi connectivity index (χ4v) is 1.52. The van der Waals surface area contributed by atoms with Crippen molar-refractivity contribution in [3.05, 3.63) is 65.5 Å². The van der Waals surface area contributed by atoms with Gasteiger partial charge in [0.1, 0.15) is 6.10 Å². The molecule has 2 aromatic rings. The molecule has 76 valence electrons. The van der Waals surface area contributed by atoms with Gasteiger partial charge in [0.15, 0.2) is 0 Å². The van der Waals surface area contributed by atoms with Crippen molar-refractivity contribution in [1.82, 2.24) is 4.98 Å². The summed E-state index contributed by atoms with van der Waals surface area (Å²) in [5.74, 6) is 0. The van der Waals surface area contributed by atoms with Gasteiger partial charge in [-0.1, -0.05) is 30.3 Å². The lowest BCUT2D eigenvalue weighted by molar-refractivity contribution is 0.215. The van der Waals surface area contributed by atoms with Gasteiger partial charge in [-0.3, -0.25) is 4.98 Å². The molecule has 1 aromatic heterocycles. The molecule has 0 aliphatic rings. The molecular formula is C13H13NO. The second-order valence-corrected chi connectivity index (χ2v) is 3.57. The molecule has 0 aliphatic carbocycles. The monoisotopic (exact) mass is 199 g/mol. The van der Waals surface area contributed by atoms with Crippen molar-refractivity contribution in [2.24, 2.45) is 0 Å². The van der Waals surface area contributed by atoms with E-state index < -0.39 is 6.10 Å². The average molecular weight is 199 g/mol. The number of pyridine rings is 1. The van der Waals surface area contributed by atoms with Crippen LogP contribution in [0.15, 0.2) is 48.7 Å². The number of aliphatic hydroxyl groups is 1. The molecule has 1 atom stereocenters. The second-order valence-electron chi connectivity index (χ2n) is 3.57. The van der Waals surface area contributed by atoms with Crippen LogP contribution in [0.5, 0.6) is 0 Å². The third-order valence-corrected chi connectivity index (χ3v) is 2.33. The Bertz CT molecular complexity index is 439. The van der Waals surface area contributed by atoms with Gasteiger partial charge in [0.05, 0.1) is 5.69 Å². The topological polar surface area (TPSA) is 33.1 Å². The summed E-state index contributed by atoms with van der Waals surface area (Å²) < 4.78 is 0. The Morgan fingerprint density at radius 1 is 1.13 bits per heavy atom. The van der Waals surface area contributed by atoms with Crippen LogP contribution in [0, 0.1) is 6.92 Å². The number of nitrogens with zero attached hydrogens (tertiary/aromatic N) is 1. The van der Waals surface area contributed by atoms with Crippen LogP contribution in [0.25, 0.3) is 0 Å². The Labute approximate surface area is 89.2 Å². The molecule has 1 heterocycles. The van der Waals surface area contributed by atoms with Gasteiger partial charge in [-0.05, 0) is 30.2 Å². The molecule has 0 bridgehead atoms. The van der Waals surface area contributed by atoms with Gasteiger partial charge in [0.2, 0.25) is 0 Å². The van der Waals surface area contributed by atoms with Crippen LogP contribution in [0.3, 0.4) is 0 Å². The van der Waals surface area contributed by atoms with E-state index in [1.165, 1.54) is 0 Å². The molecule has 1 aromatic carbocycles. The Morgan fingerprint density at radius 2 is 1.87 bits per heavy atom. The van der Waals surface area contributed by atoms with E-state index in [-0.39, 0.29) is 0 Å². The minimum absolute atomic E-state index is 0.633. The number of benzene rings is 1. The van der Waals surface area contributed by atoms with Gasteiger partial charge in [-0.2, -0.15) is 0 Å². The number of hydrogen-bond donors (Lipinski definition) is 1. The highest BCUT2D eigenvalue weighted by Gasteiger charge is 2.10. The molecule has 2 nitrogen and oxygen atoms in total. The first-order chi connectivity index (χ1) is 7.27. The minimum Gasteiger partial charge on any atom is -0.382 e. The Morgan fingerprint density at radius 3 is 2.53 bits per heavy atom. The molecule has 15 heavy (non-hydrogen) atoms. The van der Waals surface area contributed by atoms with Crippen LogP contribution in [0.2, 0.25) is 0 Å². The van der Waals surface area contributed by atoms with Crippen LogP contribution in [0.1, 0.15) is 22.9 Å². The highest BCUT2D eigenvalue weighted by molar-refractivity contribution is 5.27. The summed E-state index contributed by atoms with van der Waals surface area (Å²) in [6.45, 7) is 1.99. The van der Waals surface area contributed by atoms with Crippen LogP contribution in [-0.2, 0) is 0 Å². The molecule has 2 heteroatoms. The Balaban J connectivity index is 2.32. The molecule has 0 saturated carbocycles. The maximum Gasteiger partial charge on any atom is 0.121 e. The van der Waals surface area contributed by atoms with Crippen LogP contribution in [-0.4, -0.2) is 10.1 Å². The molecule has 0 unspecified atom stereocenters. The van der Waals surface area contributed by atoms with Gasteiger partial charge >= 0.3 is 0 Å². The lowest BCUT2D eigenvalue weighted by atomic mass is 10.1. The van der Waals surface area contributed by atoms with E-state index >= 15 is 0 Å². The van der Waals surface area contributed by atoms with E-state index in [1.54, 1.807) is 6.20 Å². The summed E-state index contributed by atoms with van der Waals surface area (Å²) in [5, 5.41) is 10.1. The number of aryl methyl sites for hydroxylation is 1. The zero-order valence-electron chi connectivity index (χ0n) is 8.59. The van der Waals surface area contributed by atoms with Crippen molar-refractivity contribution in [3.8, 4) is 0 Å². The molecule has 0 saturated heterocycles. The molecule has 2 rings (SSSR count). The predicted molar refractivity (Wildman–Crippen MR) is 59.5 cm³/mol. The summed E-state index contributed by atoms with van der Waals surface area (Å²) in [7, 11) is 0. The maximum atomic E-state index is 10.1. The van der Waals surface area contributed by atoms with Crippen molar-refractivity contribution in [1.29, 1.82) is 0 Å². The molecule has 0 spiro atoms. The van der Waals surface area contributed by atoms with Crippen LogP contribution < -0.4 is 0 Å². The van der Waals surface area contributed by atoms with Crippen molar-refractivity contribution in [2.45, 2.75) is 13.0 Å². The molecule has 0 fully saturated rings. The second kappa shape index (κ2) is 4.24. The Hall–Kier alpha value is -1.67. The van der Waals surface area contributed by atoms with Crippen molar-refractivity contribution < 1.29 is 5.11 Å². The highest BCUT2D eigenvalue weighted by Crippen LogP contribution is 2.19. The minimum atomic E-state index is -0.633. The third kappa shape index (κ3) is 2.22. The van der Waals surface area contributed by atoms with E-state index in [0.717, 1.165) is 11.1 Å². The zero-order chi connectivity index (χ0) is 10.7. The summed E-state index contributed by atoms with van der Waals surface area (Å²) >= 11 is 0. The van der Waals surface area contributed by atoms with Crippen molar-refractivity contribution in [2.75, 3.05) is 0 Å². The van der Waals surface area contributed by atoms with Crippen molar-refractivity contribution >= 4 is 0 Å². The number of rotatable bonds is 2. The average Bonchev–Trinajstić information content (AvgIpc) is 2.29. The highest BCUT2D eigenvalue weighted by atomic mass is 16.3. The smallest absolute Gasteiger partial charge is 0.121 e. The largest absolute Gasteiger partial charge is 0.382 e. The lowest BCUT2D eigenvalue weighted by Crippen LogP contribution is -2.01. The van der Waals surface area contributed by atoms with E-state index in [2.05, 4.69) is 4.98 Å². The quantitative estimate of drug-likeness (QED) is 0.806. The Kier molecular flexibility index (Phi) is 2.79. The van der Waals surface area contributed by atoms with Crippen molar-refractivity contribution in [3.63, 3.8) is 0 Å². The third-order valence-electron chi connectivity index (χ3n) is 2.33. The van der Waals surface area contributed by atoms with Gasteiger partial charge in [0, 0.05) is 6.20 Å². The molecule has 0 aliphatic heterocycles. The summed E-state index contributed by atoms with van der Waals surface area (Å²) in [4.78, 5) is 4.17. The van der Waals surface area contributed by atoms with E-state index in [9.17, 15) is 5.11 Å². The number of hydrogen-bond acceptors (Lipinski definition) is 2. The molecule has 1 N–H and O–H groups in total. The SMILES string of the molecule is Cc1ccnc([C@@H](O)c2ccccc2)c1. The van der Waals surface area contributed by atoms with Crippen LogP contribution in [0.4, 0.5) is 0 Å². The molecule has 0 radical (unpaired) electrons. The van der Waals surface area contributed by atoms with Gasteiger partial charge in [-0.25, -0.2) is 0 Å². The van der Waals surface area contributed by atoms with Gasteiger partial charge in [0.25, 0.3) is 0 Å². The standard InChI is InChI=1S/C13H13NO/c1-10-7-8-14-12(9-10)13(15)11-5-3-2-4-6-11/h2-9,13,15H,1H3/t13-/m0/s1. The molecule has 0 amide bonds. The van der Waals surface area contributed by atoms with E-state index in [1.807, 2.05) is 49.4 Å². The van der Waals surface area contributed by atoms with Gasteiger partial charge < -0.3 is 5.11 Å². The summed E-state index contributed by atoms with van der Waals surface area (Å²) in [6.07, 6.45) is 1.09. The lowest BCUT2D eigenvalue weighted by Gasteiger charge is -2.10. The van der Waals surface area contributed by atoms with E-state index in [4.69, 9.17) is 0 Å². The van der Waals surface area contributed by atoms with E-state index in [0.29, 0.717) is 5.69 Å². The zero-order valence-corrected chi connectivity index (χ0v) is 8.59. The summed E-state index contributed by atoms with van der Waals surface area (Å²) in [6, 6.07) is 13.4. The normalized spacial score (nSPS) is 12.4. The van der Waals surface area contributed by atoms with Gasteiger partial charge in [-0.15, -0.1) is 0 Å². The summed E-state index contributed by atoms with van der Waals surface area (Å²) in [5.41, 5.74) is 2.67. The number of aliphatic hydroxyl groups excluding tert-OH is 1. The first-order valence-corrected chi connectivity index (χ1v) is 4.93. The maximum absolute atomic E-state index is 10.1. The first-order valence-electron chi connectivity index (χ1n) is 4.93. The first kappa shape index (κ1) is 9.87. The van der Waals surface area contributed by atoms with Crippen LogP contribution >= 0.6 is 0 Å².